The van der Waals surface area contributed by atoms with Crippen LogP contribution in [0.4, 0.5) is 0 Å². The third-order valence-electron chi connectivity index (χ3n) is 4.71. The average Bonchev–Trinajstić information content (AvgIpc) is 2.69. The van der Waals surface area contributed by atoms with Crippen LogP contribution in [0.1, 0.15) is 103 Å². The molecule has 28 heavy (non-hydrogen) atoms. The van der Waals surface area contributed by atoms with E-state index in [2.05, 4.69) is 19.1 Å². The first-order valence-corrected chi connectivity index (χ1v) is 11.2. The second-order valence-electron chi connectivity index (χ2n) is 7.57. The van der Waals surface area contributed by atoms with Crippen LogP contribution in [0.5, 0.6) is 0 Å². The third-order valence-corrected chi connectivity index (χ3v) is 4.71. The van der Waals surface area contributed by atoms with E-state index in [4.69, 9.17) is 14.9 Å². The van der Waals surface area contributed by atoms with Gasteiger partial charge >= 0.3 is 5.97 Å². The van der Waals surface area contributed by atoms with E-state index in [-0.39, 0.29) is 18.8 Å². The standard InChI is InChI=1S/C23H42O5/c1-2-3-4-5-6-7-8-9-10-11-12-13-14-15-16-17-21(25)18-23(27)28-20-22(26)19-24/h9-10,22,24,26H,2-8,11-20H2,1H3. The van der Waals surface area contributed by atoms with Crippen molar-refractivity contribution in [2.45, 2.75) is 109 Å². The molecule has 0 fully saturated rings. The number of allylic oxidation sites excluding steroid dienone is 2. The molecule has 0 rings (SSSR count). The monoisotopic (exact) mass is 398 g/mol. The van der Waals surface area contributed by atoms with Gasteiger partial charge in [-0.15, -0.1) is 0 Å². The van der Waals surface area contributed by atoms with Gasteiger partial charge in [0.15, 0.2) is 0 Å². The minimum atomic E-state index is -1.08. The number of ketones is 1. The largest absolute Gasteiger partial charge is 0.463 e. The van der Waals surface area contributed by atoms with Crippen LogP contribution in [0, 0.1) is 0 Å². The summed E-state index contributed by atoms with van der Waals surface area (Å²) in [5.74, 6) is -0.758. The lowest BCUT2D eigenvalue weighted by Crippen LogP contribution is -2.23. The summed E-state index contributed by atoms with van der Waals surface area (Å²) in [4.78, 5) is 23.1. The van der Waals surface area contributed by atoms with Crippen molar-refractivity contribution in [2.75, 3.05) is 13.2 Å². The van der Waals surface area contributed by atoms with Crippen LogP contribution < -0.4 is 0 Å². The molecular formula is C23H42O5. The zero-order valence-corrected chi connectivity index (χ0v) is 17.9. The van der Waals surface area contributed by atoms with Gasteiger partial charge in [-0.25, -0.2) is 0 Å². The highest BCUT2D eigenvalue weighted by Crippen LogP contribution is 2.10. The molecule has 0 aromatic heterocycles. The Hall–Kier alpha value is -1.20. The van der Waals surface area contributed by atoms with Crippen molar-refractivity contribution >= 4 is 11.8 Å². The average molecular weight is 399 g/mol. The van der Waals surface area contributed by atoms with E-state index >= 15 is 0 Å². The van der Waals surface area contributed by atoms with Gasteiger partial charge in [0.05, 0.1) is 6.61 Å². The van der Waals surface area contributed by atoms with Gasteiger partial charge < -0.3 is 14.9 Å². The van der Waals surface area contributed by atoms with E-state index in [1.165, 1.54) is 57.8 Å². The zero-order chi connectivity index (χ0) is 20.9. The van der Waals surface area contributed by atoms with Crippen molar-refractivity contribution in [1.82, 2.24) is 0 Å². The third kappa shape index (κ3) is 19.6. The molecular weight excluding hydrogens is 356 g/mol. The lowest BCUT2D eigenvalue weighted by atomic mass is 10.1. The van der Waals surface area contributed by atoms with E-state index in [0.717, 1.165) is 25.7 Å². The number of hydrogen-bond acceptors (Lipinski definition) is 5. The Morgan fingerprint density at radius 3 is 1.96 bits per heavy atom. The van der Waals surface area contributed by atoms with E-state index in [0.29, 0.717) is 6.42 Å². The Morgan fingerprint density at radius 2 is 1.39 bits per heavy atom. The van der Waals surface area contributed by atoms with Gasteiger partial charge in [0, 0.05) is 6.42 Å². The van der Waals surface area contributed by atoms with Crippen LogP contribution >= 0.6 is 0 Å². The summed E-state index contributed by atoms with van der Waals surface area (Å²) in [6.07, 6.45) is 19.4. The fourth-order valence-electron chi connectivity index (χ4n) is 2.94. The fraction of sp³-hybridized carbons (Fsp3) is 0.826. The Kier molecular flexibility index (Phi) is 19.7. The molecule has 5 nitrogen and oxygen atoms in total. The molecule has 0 saturated carbocycles. The molecule has 0 aliphatic carbocycles. The summed E-state index contributed by atoms with van der Waals surface area (Å²) in [6, 6.07) is 0. The number of Topliss-reactive ketones (excluding diaryl/α,β-unsaturated/α-hetero) is 1. The summed E-state index contributed by atoms with van der Waals surface area (Å²) < 4.78 is 4.72. The highest BCUT2D eigenvalue weighted by atomic mass is 16.5. The van der Waals surface area contributed by atoms with Crippen molar-refractivity contribution in [2.24, 2.45) is 0 Å². The molecule has 0 aliphatic heterocycles. The van der Waals surface area contributed by atoms with Crippen LogP contribution in [0.2, 0.25) is 0 Å². The van der Waals surface area contributed by atoms with Gasteiger partial charge in [-0.05, 0) is 32.1 Å². The molecule has 1 atom stereocenters. The lowest BCUT2D eigenvalue weighted by Gasteiger charge is -2.08. The molecule has 1 unspecified atom stereocenters. The normalized spacial score (nSPS) is 12.4. The van der Waals surface area contributed by atoms with Gasteiger partial charge in [0.25, 0.3) is 0 Å². The second kappa shape index (κ2) is 20.5. The number of carbonyl (C=O) groups excluding carboxylic acids is 2. The van der Waals surface area contributed by atoms with Gasteiger partial charge in [-0.3, -0.25) is 9.59 Å². The molecule has 164 valence electrons. The first-order valence-electron chi connectivity index (χ1n) is 11.2. The smallest absolute Gasteiger partial charge is 0.313 e. The van der Waals surface area contributed by atoms with Gasteiger partial charge in [-0.1, -0.05) is 70.4 Å². The Balaban J connectivity index is 3.37. The molecule has 0 spiro atoms. The number of carbonyl (C=O) groups is 2. The zero-order valence-electron chi connectivity index (χ0n) is 17.9. The van der Waals surface area contributed by atoms with Gasteiger partial charge in [0.2, 0.25) is 0 Å². The van der Waals surface area contributed by atoms with Gasteiger partial charge in [0.1, 0.15) is 24.9 Å². The molecule has 0 aromatic carbocycles. The van der Waals surface area contributed by atoms with Crippen LogP contribution in [0.3, 0.4) is 0 Å². The molecule has 0 bridgehead atoms. The van der Waals surface area contributed by atoms with E-state index in [1.54, 1.807) is 0 Å². The van der Waals surface area contributed by atoms with Crippen molar-refractivity contribution in [1.29, 1.82) is 0 Å². The van der Waals surface area contributed by atoms with Gasteiger partial charge in [-0.2, -0.15) is 0 Å². The summed E-state index contributed by atoms with van der Waals surface area (Å²) in [6.45, 7) is 1.52. The van der Waals surface area contributed by atoms with E-state index < -0.39 is 18.7 Å². The number of rotatable bonds is 20. The minimum Gasteiger partial charge on any atom is -0.463 e. The van der Waals surface area contributed by atoms with Crippen molar-refractivity contribution in [3.05, 3.63) is 12.2 Å². The predicted molar refractivity (Wildman–Crippen MR) is 113 cm³/mol. The number of aliphatic hydroxyl groups is 2. The van der Waals surface area contributed by atoms with Crippen molar-refractivity contribution in [3.8, 4) is 0 Å². The highest BCUT2D eigenvalue weighted by molar-refractivity contribution is 5.95. The number of hydrogen-bond donors (Lipinski definition) is 2. The topological polar surface area (TPSA) is 83.8 Å². The van der Waals surface area contributed by atoms with E-state index in [1.807, 2.05) is 0 Å². The van der Waals surface area contributed by atoms with Crippen molar-refractivity contribution < 1.29 is 24.5 Å². The SMILES string of the molecule is CCCCCCCCC=CCCCCCCCC(=O)CC(=O)OCC(O)CO. The Labute approximate surface area is 171 Å². The van der Waals surface area contributed by atoms with Crippen LogP contribution in [-0.4, -0.2) is 41.3 Å². The molecule has 0 amide bonds. The molecule has 0 aromatic rings. The molecule has 2 N–H and O–H groups in total. The lowest BCUT2D eigenvalue weighted by molar-refractivity contribution is -0.149. The summed E-state index contributed by atoms with van der Waals surface area (Å²) in [7, 11) is 0. The highest BCUT2D eigenvalue weighted by Gasteiger charge is 2.12. The number of ether oxygens (including phenoxy) is 1. The molecule has 0 radical (unpaired) electrons. The summed E-state index contributed by atoms with van der Waals surface area (Å²) >= 11 is 0. The molecule has 0 saturated heterocycles. The minimum absolute atomic E-state index is 0.124. The predicted octanol–water partition coefficient (Wildman–Crippen LogP) is 4.88. The number of aliphatic hydroxyl groups excluding tert-OH is 2. The van der Waals surface area contributed by atoms with Crippen LogP contribution in [-0.2, 0) is 14.3 Å². The number of unbranched alkanes of at least 4 members (excludes halogenated alkanes) is 11. The summed E-state index contributed by atoms with van der Waals surface area (Å²) in [5.41, 5.74) is 0. The Morgan fingerprint density at radius 1 is 0.857 bits per heavy atom. The maximum atomic E-state index is 11.7. The van der Waals surface area contributed by atoms with Crippen molar-refractivity contribution in [3.63, 3.8) is 0 Å². The maximum absolute atomic E-state index is 11.7. The first-order chi connectivity index (χ1) is 13.6. The molecule has 0 aliphatic rings. The maximum Gasteiger partial charge on any atom is 0.313 e. The Bertz CT molecular complexity index is 406. The fourth-order valence-corrected chi connectivity index (χ4v) is 2.94. The second-order valence-corrected chi connectivity index (χ2v) is 7.57. The molecule has 5 heteroatoms. The summed E-state index contributed by atoms with van der Waals surface area (Å²) in [5, 5.41) is 17.7. The number of esters is 1. The van der Waals surface area contributed by atoms with Crippen LogP contribution in [0.15, 0.2) is 12.2 Å². The van der Waals surface area contributed by atoms with Crippen LogP contribution in [0.25, 0.3) is 0 Å². The van der Waals surface area contributed by atoms with E-state index in [9.17, 15) is 9.59 Å². The molecule has 0 heterocycles. The first kappa shape index (κ1) is 26.8. The quantitative estimate of drug-likeness (QED) is 0.132.